The topological polar surface area (TPSA) is 86.5 Å². The minimum Gasteiger partial charge on any atom is -0.468 e. The molecular formula is C6H13NO4S. The minimum atomic E-state index is -3.42. The Balaban J connectivity index is 4.34. The molecule has 0 amide bonds. The van der Waals surface area contributed by atoms with Crippen molar-refractivity contribution < 1.29 is 17.9 Å². The number of esters is 1. The molecule has 72 valence electrons. The van der Waals surface area contributed by atoms with Crippen molar-refractivity contribution in [2.75, 3.05) is 19.4 Å². The van der Waals surface area contributed by atoms with Gasteiger partial charge in [-0.2, -0.15) is 0 Å². The van der Waals surface area contributed by atoms with Gasteiger partial charge < -0.3 is 10.5 Å². The van der Waals surface area contributed by atoms with Gasteiger partial charge in [0.05, 0.1) is 12.4 Å². The fraction of sp³-hybridized carbons (Fsp3) is 0.833. The second-order valence-corrected chi connectivity index (χ2v) is 4.85. The number of methoxy groups -OCH3 is 1. The summed E-state index contributed by atoms with van der Waals surface area (Å²) in [5.74, 6) is -1.35. The number of nitrogens with two attached hydrogens (primary N) is 1. The first-order valence-corrected chi connectivity index (χ1v) is 5.14. The molecule has 0 aliphatic heterocycles. The highest BCUT2D eigenvalue weighted by atomic mass is 32.2. The Labute approximate surface area is 71.8 Å². The summed E-state index contributed by atoms with van der Waals surface area (Å²) in [6.07, 6.45) is 0. The molecule has 1 unspecified atom stereocenters. The van der Waals surface area contributed by atoms with Crippen molar-refractivity contribution in [3.05, 3.63) is 0 Å². The van der Waals surface area contributed by atoms with Crippen LogP contribution in [0.15, 0.2) is 0 Å². The second kappa shape index (κ2) is 4.42. The van der Waals surface area contributed by atoms with Crippen LogP contribution in [-0.2, 0) is 19.4 Å². The molecule has 5 nitrogen and oxygen atoms in total. The van der Waals surface area contributed by atoms with Crippen molar-refractivity contribution in [3.63, 3.8) is 0 Å². The van der Waals surface area contributed by atoms with E-state index in [-0.39, 0.29) is 6.54 Å². The van der Waals surface area contributed by atoms with Crippen LogP contribution in [-0.4, -0.2) is 39.0 Å². The lowest BCUT2D eigenvalue weighted by Crippen LogP contribution is -2.31. The average molecular weight is 195 g/mol. The highest BCUT2D eigenvalue weighted by molar-refractivity contribution is 7.92. The third kappa shape index (κ3) is 3.19. The van der Waals surface area contributed by atoms with E-state index in [9.17, 15) is 13.2 Å². The number of hydrogen-bond donors (Lipinski definition) is 1. The monoisotopic (exact) mass is 195 g/mol. The summed E-state index contributed by atoms with van der Waals surface area (Å²) in [6.45, 7) is 1.47. The predicted molar refractivity (Wildman–Crippen MR) is 44.3 cm³/mol. The van der Waals surface area contributed by atoms with Crippen molar-refractivity contribution in [2.45, 2.75) is 12.2 Å². The fourth-order valence-electron chi connectivity index (χ4n) is 0.512. The Morgan fingerprint density at radius 3 is 2.42 bits per heavy atom. The molecule has 0 aromatic carbocycles. The molecule has 6 heteroatoms. The van der Waals surface area contributed by atoms with Crippen LogP contribution in [0.5, 0.6) is 0 Å². The largest absolute Gasteiger partial charge is 0.468 e. The van der Waals surface area contributed by atoms with Crippen LogP contribution in [0.1, 0.15) is 6.92 Å². The first-order valence-electron chi connectivity index (χ1n) is 3.42. The SMILES string of the molecule is COC(=O)CS(=O)(=O)C(C)CN. The van der Waals surface area contributed by atoms with Gasteiger partial charge >= 0.3 is 5.97 Å². The van der Waals surface area contributed by atoms with Gasteiger partial charge in [-0.1, -0.05) is 0 Å². The zero-order valence-electron chi connectivity index (χ0n) is 7.11. The standard InChI is InChI=1S/C6H13NO4S/c1-5(3-7)12(9,10)4-6(8)11-2/h5H,3-4,7H2,1-2H3. The molecule has 2 N–H and O–H groups in total. The van der Waals surface area contributed by atoms with Crippen molar-refractivity contribution in [3.8, 4) is 0 Å². The van der Waals surface area contributed by atoms with Crippen LogP contribution in [0.2, 0.25) is 0 Å². The molecule has 0 aromatic rings. The van der Waals surface area contributed by atoms with Crippen LogP contribution in [0.25, 0.3) is 0 Å². The summed E-state index contributed by atoms with van der Waals surface area (Å²) >= 11 is 0. The van der Waals surface area contributed by atoms with E-state index in [4.69, 9.17) is 5.73 Å². The van der Waals surface area contributed by atoms with E-state index in [2.05, 4.69) is 4.74 Å². The van der Waals surface area contributed by atoms with Crippen LogP contribution in [0, 0.1) is 0 Å². The molecule has 12 heavy (non-hydrogen) atoms. The van der Waals surface area contributed by atoms with E-state index < -0.39 is 26.8 Å². The van der Waals surface area contributed by atoms with Crippen molar-refractivity contribution >= 4 is 15.8 Å². The number of carbonyl (C=O) groups excluding carboxylic acids is 1. The first-order chi connectivity index (χ1) is 5.44. The van der Waals surface area contributed by atoms with Gasteiger partial charge in [0.1, 0.15) is 5.75 Å². The molecule has 0 saturated heterocycles. The molecular weight excluding hydrogens is 182 g/mol. The number of hydrogen-bond acceptors (Lipinski definition) is 5. The van der Waals surface area contributed by atoms with Crippen LogP contribution in [0.3, 0.4) is 0 Å². The van der Waals surface area contributed by atoms with Crippen molar-refractivity contribution in [1.29, 1.82) is 0 Å². The number of ether oxygens (including phenoxy) is 1. The van der Waals surface area contributed by atoms with Crippen LogP contribution >= 0.6 is 0 Å². The maximum atomic E-state index is 11.2. The normalized spacial score (nSPS) is 13.9. The Bertz CT molecular complexity index is 246. The van der Waals surface area contributed by atoms with Crippen molar-refractivity contribution in [1.82, 2.24) is 0 Å². The van der Waals surface area contributed by atoms with Gasteiger partial charge in [-0.3, -0.25) is 4.79 Å². The van der Waals surface area contributed by atoms with Crippen molar-refractivity contribution in [2.24, 2.45) is 5.73 Å². The zero-order valence-corrected chi connectivity index (χ0v) is 7.93. The third-order valence-corrected chi connectivity index (χ3v) is 3.55. The average Bonchev–Trinajstić information content (AvgIpc) is 2.02. The second-order valence-electron chi connectivity index (χ2n) is 2.43. The van der Waals surface area contributed by atoms with Crippen LogP contribution in [0.4, 0.5) is 0 Å². The van der Waals surface area contributed by atoms with E-state index >= 15 is 0 Å². The van der Waals surface area contributed by atoms with E-state index in [0.29, 0.717) is 0 Å². The Hall–Kier alpha value is -0.620. The Kier molecular flexibility index (Phi) is 4.19. The molecule has 0 aliphatic rings. The quantitative estimate of drug-likeness (QED) is 0.577. The molecule has 0 spiro atoms. The van der Waals surface area contributed by atoms with E-state index in [0.717, 1.165) is 7.11 Å². The van der Waals surface area contributed by atoms with Gasteiger partial charge in [-0.05, 0) is 6.92 Å². The van der Waals surface area contributed by atoms with E-state index in [1.807, 2.05) is 0 Å². The molecule has 0 saturated carbocycles. The maximum Gasteiger partial charge on any atom is 0.320 e. The molecule has 1 atom stereocenters. The highest BCUT2D eigenvalue weighted by Gasteiger charge is 2.23. The molecule has 0 rings (SSSR count). The Morgan fingerprint density at radius 1 is 1.58 bits per heavy atom. The van der Waals surface area contributed by atoms with E-state index in [1.54, 1.807) is 0 Å². The summed E-state index contributed by atoms with van der Waals surface area (Å²) in [4.78, 5) is 10.6. The highest BCUT2D eigenvalue weighted by Crippen LogP contribution is 2.00. The van der Waals surface area contributed by atoms with Gasteiger partial charge in [-0.25, -0.2) is 8.42 Å². The van der Waals surface area contributed by atoms with Gasteiger partial charge in [0, 0.05) is 6.54 Å². The maximum absolute atomic E-state index is 11.2. The molecule has 0 fully saturated rings. The third-order valence-electron chi connectivity index (χ3n) is 1.49. The number of sulfone groups is 1. The van der Waals surface area contributed by atoms with Gasteiger partial charge in [0.2, 0.25) is 0 Å². The molecule has 0 heterocycles. The number of carbonyl (C=O) groups is 1. The first kappa shape index (κ1) is 11.4. The lowest BCUT2D eigenvalue weighted by molar-refractivity contribution is -0.137. The molecule has 0 bridgehead atoms. The van der Waals surface area contributed by atoms with E-state index in [1.165, 1.54) is 6.92 Å². The van der Waals surface area contributed by atoms with Gasteiger partial charge in [0.15, 0.2) is 9.84 Å². The smallest absolute Gasteiger partial charge is 0.320 e. The van der Waals surface area contributed by atoms with Gasteiger partial charge in [-0.15, -0.1) is 0 Å². The minimum absolute atomic E-state index is 0.0132. The summed E-state index contributed by atoms with van der Waals surface area (Å²) in [5.41, 5.74) is 5.14. The van der Waals surface area contributed by atoms with Gasteiger partial charge in [0.25, 0.3) is 0 Å². The summed E-state index contributed by atoms with van der Waals surface area (Å²) in [6, 6.07) is 0. The fourth-order valence-corrected chi connectivity index (χ4v) is 1.54. The Morgan fingerprint density at radius 2 is 2.08 bits per heavy atom. The predicted octanol–water partition coefficient (Wildman–Crippen LogP) is -1.08. The van der Waals surface area contributed by atoms with Crippen LogP contribution < -0.4 is 5.73 Å². The lowest BCUT2D eigenvalue weighted by Gasteiger charge is -2.08. The zero-order chi connectivity index (χ0) is 9.78. The molecule has 0 radical (unpaired) electrons. The summed E-state index contributed by atoms with van der Waals surface area (Å²) in [7, 11) is -2.28. The molecule has 0 aromatic heterocycles. The summed E-state index contributed by atoms with van der Waals surface area (Å²) < 4.78 is 26.5. The lowest BCUT2D eigenvalue weighted by atomic mass is 10.5. The molecule has 0 aliphatic carbocycles. The summed E-state index contributed by atoms with van der Waals surface area (Å²) in [5, 5.41) is -0.698. The number of rotatable bonds is 4.